The van der Waals surface area contributed by atoms with E-state index in [9.17, 15) is 9.90 Å². The van der Waals surface area contributed by atoms with Crippen LogP contribution in [0.25, 0.3) is 0 Å². The van der Waals surface area contributed by atoms with Crippen LogP contribution in [-0.2, 0) is 27.2 Å². The molecule has 1 N–H and O–H groups in total. The monoisotopic (exact) mass is 258 g/mol. The van der Waals surface area contributed by atoms with Crippen LogP contribution in [0, 0.1) is 0 Å². The van der Waals surface area contributed by atoms with Crippen molar-refractivity contribution < 1.29 is 37.4 Å². The predicted octanol–water partition coefficient (Wildman–Crippen LogP) is -0.533. The van der Waals surface area contributed by atoms with Crippen LogP contribution >= 0.6 is 0 Å². The Morgan fingerprint density at radius 2 is 1.83 bits per heavy atom. The standard InChI is InChI=1S/C8H8O3.Ag/c9-7(8(10)11)6-4-2-1-3-5-6;/h1-5,7,9H,(H,10,11);/q;+1/p-1. The van der Waals surface area contributed by atoms with Crippen LogP contribution in [0.2, 0.25) is 0 Å². The summed E-state index contributed by atoms with van der Waals surface area (Å²) in [6.45, 7) is 0. The molecule has 0 aliphatic heterocycles. The fourth-order valence-corrected chi connectivity index (χ4v) is 0.771. The van der Waals surface area contributed by atoms with Gasteiger partial charge in [0, 0.05) is 0 Å². The van der Waals surface area contributed by atoms with Gasteiger partial charge in [0.15, 0.2) is 0 Å². The maximum Gasteiger partial charge on any atom is 1.00 e. The molecule has 0 spiro atoms. The smallest absolute Gasteiger partial charge is 0.547 e. The van der Waals surface area contributed by atoms with Gasteiger partial charge in [-0.25, -0.2) is 0 Å². The van der Waals surface area contributed by atoms with Gasteiger partial charge in [-0.2, -0.15) is 0 Å². The van der Waals surface area contributed by atoms with Crippen LogP contribution in [0.4, 0.5) is 0 Å². The number of aliphatic hydroxyl groups is 1. The summed E-state index contributed by atoms with van der Waals surface area (Å²) in [5.74, 6) is -1.48. The van der Waals surface area contributed by atoms with Crippen molar-refractivity contribution in [3.8, 4) is 0 Å². The second-order valence-corrected chi connectivity index (χ2v) is 2.13. The Hall–Kier alpha value is -0.610. The number of aliphatic carboxylic acids is 1. The maximum absolute atomic E-state index is 10.1. The molecule has 12 heavy (non-hydrogen) atoms. The van der Waals surface area contributed by atoms with E-state index < -0.39 is 12.1 Å². The summed E-state index contributed by atoms with van der Waals surface area (Å²) in [5.41, 5.74) is 0.340. The quantitative estimate of drug-likeness (QED) is 0.726. The van der Waals surface area contributed by atoms with Crippen LogP contribution < -0.4 is 5.11 Å². The van der Waals surface area contributed by atoms with Gasteiger partial charge >= 0.3 is 22.4 Å². The second kappa shape index (κ2) is 5.11. The van der Waals surface area contributed by atoms with Crippen molar-refractivity contribution in [3.63, 3.8) is 0 Å². The fourth-order valence-electron chi connectivity index (χ4n) is 0.771. The van der Waals surface area contributed by atoms with Crippen molar-refractivity contribution in [1.82, 2.24) is 0 Å². The van der Waals surface area contributed by atoms with Gasteiger partial charge in [0.1, 0.15) is 6.10 Å². The zero-order valence-corrected chi connectivity index (χ0v) is 7.51. The average Bonchev–Trinajstić information content (AvgIpc) is 2.05. The molecule has 0 aliphatic rings. The first kappa shape index (κ1) is 11.4. The molecule has 68 valence electrons. The van der Waals surface area contributed by atoms with Crippen molar-refractivity contribution in [2.75, 3.05) is 0 Å². The molecule has 0 radical (unpaired) electrons. The molecule has 0 bridgehead atoms. The normalized spacial score (nSPS) is 11.4. The molecular formula is C8H7AgO3. The Kier molecular flexibility index (Phi) is 4.85. The minimum atomic E-state index is -1.52. The van der Waals surface area contributed by atoms with E-state index in [1.165, 1.54) is 12.1 Å². The van der Waals surface area contributed by atoms with E-state index in [2.05, 4.69) is 0 Å². The molecule has 1 atom stereocenters. The average molecular weight is 259 g/mol. The summed E-state index contributed by atoms with van der Waals surface area (Å²) in [4.78, 5) is 10.1. The number of carbonyl (C=O) groups is 1. The summed E-state index contributed by atoms with van der Waals surface area (Å²) in [6.07, 6.45) is -1.52. The van der Waals surface area contributed by atoms with E-state index in [4.69, 9.17) is 5.11 Å². The number of hydrogen-bond acceptors (Lipinski definition) is 3. The molecule has 1 aromatic carbocycles. The van der Waals surface area contributed by atoms with Crippen LogP contribution in [0.3, 0.4) is 0 Å². The molecule has 0 aliphatic carbocycles. The third-order valence-corrected chi connectivity index (χ3v) is 1.34. The van der Waals surface area contributed by atoms with Crippen molar-refractivity contribution in [2.24, 2.45) is 0 Å². The van der Waals surface area contributed by atoms with E-state index in [0.29, 0.717) is 5.56 Å². The summed E-state index contributed by atoms with van der Waals surface area (Å²) in [6, 6.07) is 8.11. The zero-order valence-electron chi connectivity index (χ0n) is 6.03. The van der Waals surface area contributed by atoms with E-state index in [1.807, 2.05) is 0 Å². The SMILES string of the molecule is O=C([O-])C(O)c1ccccc1.[Ag+]. The van der Waals surface area contributed by atoms with Gasteiger partial charge in [-0.1, -0.05) is 30.3 Å². The molecule has 1 aromatic rings. The van der Waals surface area contributed by atoms with Gasteiger partial charge in [0.25, 0.3) is 0 Å². The number of carboxylic acid groups (broad SMARTS) is 1. The number of hydrogen-bond donors (Lipinski definition) is 1. The van der Waals surface area contributed by atoms with Crippen molar-refractivity contribution in [1.29, 1.82) is 0 Å². The minimum Gasteiger partial charge on any atom is -0.547 e. The molecule has 4 heteroatoms. The number of aliphatic hydroxyl groups excluding tert-OH is 1. The Balaban J connectivity index is 0.00000121. The molecule has 0 saturated carbocycles. The van der Waals surface area contributed by atoms with Crippen LogP contribution in [0.15, 0.2) is 30.3 Å². The van der Waals surface area contributed by atoms with E-state index in [-0.39, 0.29) is 22.4 Å². The third kappa shape index (κ3) is 2.79. The predicted molar refractivity (Wildman–Crippen MR) is 36.4 cm³/mol. The first-order valence-corrected chi connectivity index (χ1v) is 3.15. The first-order chi connectivity index (χ1) is 5.22. The Labute approximate surface area is 85.5 Å². The van der Waals surface area contributed by atoms with Gasteiger partial charge in [-0.15, -0.1) is 0 Å². The van der Waals surface area contributed by atoms with E-state index in [1.54, 1.807) is 18.2 Å². The third-order valence-electron chi connectivity index (χ3n) is 1.34. The molecule has 0 amide bonds. The molecule has 1 rings (SSSR count). The zero-order chi connectivity index (χ0) is 8.27. The summed E-state index contributed by atoms with van der Waals surface area (Å²) < 4.78 is 0. The fraction of sp³-hybridized carbons (Fsp3) is 0.125. The number of carboxylic acids is 1. The molecule has 1 unspecified atom stereocenters. The van der Waals surface area contributed by atoms with Gasteiger partial charge in [0.05, 0.1) is 5.97 Å². The Morgan fingerprint density at radius 3 is 2.25 bits per heavy atom. The van der Waals surface area contributed by atoms with Crippen LogP contribution in [-0.4, -0.2) is 11.1 Å². The second-order valence-electron chi connectivity index (χ2n) is 2.13. The van der Waals surface area contributed by atoms with Gasteiger partial charge in [0.2, 0.25) is 0 Å². The largest absolute Gasteiger partial charge is 1.00 e. The Bertz CT molecular complexity index is 248. The molecule has 0 saturated heterocycles. The Morgan fingerprint density at radius 1 is 1.33 bits per heavy atom. The van der Waals surface area contributed by atoms with Crippen molar-refractivity contribution in [2.45, 2.75) is 6.10 Å². The van der Waals surface area contributed by atoms with E-state index in [0.717, 1.165) is 0 Å². The minimum absolute atomic E-state index is 0. The topological polar surface area (TPSA) is 60.4 Å². The van der Waals surface area contributed by atoms with E-state index >= 15 is 0 Å². The number of carbonyl (C=O) groups excluding carboxylic acids is 1. The number of benzene rings is 1. The van der Waals surface area contributed by atoms with Gasteiger partial charge in [-0.3, -0.25) is 0 Å². The maximum atomic E-state index is 10.1. The number of rotatable bonds is 2. The van der Waals surface area contributed by atoms with Crippen molar-refractivity contribution >= 4 is 5.97 Å². The summed E-state index contributed by atoms with van der Waals surface area (Å²) in [5, 5.41) is 19.1. The molecular weight excluding hydrogens is 252 g/mol. The van der Waals surface area contributed by atoms with Crippen LogP contribution in [0.5, 0.6) is 0 Å². The summed E-state index contributed by atoms with van der Waals surface area (Å²) >= 11 is 0. The first-order valence-electron chi connectivity index (χ1n) is 3.15. The van der Waals surface area contributed by atoms with Crippen LogP contribution in [0.1, 0.15) is 11.7 Å². The van der Waals surface area contributed by atoms with Gasteiger partial charge < -0.3 is 15.0 Å². The molecule has 0 heterocycles. The summed E-state index contributed by atoms with van der Waals surface area (Å²) in [7, 11) is 0. The van der Waals surface area contributed by atoms with Gasteiger partial charge in [-0.05, 0) is 5.56 Å². The molecule has 3 nitrogen and oxygen atoms in total. The van der Waals surface area contributed by atoms with Crippen molar-refractivity contribution in [3.05, 3.63) is 35.9 Å². The molecule has 0 aromatic heterocycles. The molecule has 0 fully saturated rings.